The number of furan rings is 1. The highest BCUT2D eigenvalue weighted by Gasteiger charge is 2.13. The summed E-state index contributed by atoms with van der Waals surface area (Å²) in [7, 11) is 0. The first-order valence-electron chi connectivity index (χ1n) is 8.33. The van der Waals surface area contributed by atoms with Crippen molar-refractivity contribution in [3.05, 3.63) is 47.7 Å². The van der Waals surface area contributed by atoms with Crippen LogP contribution in [0.3, 0.4) is 0 Å². The van der Waals surface area contributed by atoms with Gasteiger partial charge in [0.2, 0.25) is 0 Å². The van der Waals surface area contributed by atoms with Gasteiger partial charge in [0.15, 0.2) is 0 Å². The minimum absolute atomic E-state index is 0.430. The predicted octanol–water partition coefficient (Wildman–Crippen LogP) is 4.42. The van der Waals surface area contributed by atoms with Crippen molar-refractivity contribution in [3.8, 4) is 11.3 Å². The summed E-state index contributed by atoms with van der Waals surface area (Å²) >= 11 is 0. The fraction of sp³-hybridized carbons (Fsp3) is 0.474. The van der Waals surface area contributed by atoms with Crippen LogP contribution >= 0.6 is 0 Å². The van der Waals surface area contributed by atoms with Crippen molar-refractivity contribution in [2.24, 2.45) is 0 Å². The van der Waals surface area contributed by atoms with E-state index in [1.54, 1.807) is 6.92 Å². The maximum atomic E-state index is 9.55. The SMILES string of the molecule is C[C@@H](O)c1ccc(-c2ccc(CNC3CCCCC3)o2)cc1. The molecule has 1 aromatic carbocycles. The van der Waals surface area contributed by atoms with E-state index in [1.165, 1.54) is 32.1 Å². The van der Waals surface area contributed by atoms with Crippen molar-refractivity contribution in [1.82, 2.24) is 5.32 Å². The van der Waals surface area contributed by atoms with Crippen molar-refractivity contribution in [2.75, 3.05) is 0 Å². The third-order valence-electron chi connectivity index (χ3n) is 4.51. The van der Waals surface area contributed by atoms with Crippen LogP contribution in [0.4, 0.5) is 0 Å². The Morgan fingerprint density at radius 2 is 1.82 bits per heavy atom. The summed E-state index contributed by atoms with van der Waals surface area (Å²) in [5.74, 6) is 1.87. The molecule has 1 saturated carbocycles. The van der Waals surface area contributed by atoms with Crippen LogP contribution in [0.15, 0.2) is 40.8 Å². The summed E-state index contributed by atoms with van der Waals surface area (Å²) in [4.78, 5) is 0. The smallest absolute Gasteiger partial charge is 0.134 e. The quantitative estimate of drug-likeness (QED) is 0.859. The topological polar surface area (TPSA) is 45.4 Å². The molecule has 0 radical (unpaired) electrons. The van der Waals surface area contributed by atoms with E-state index < -0.39 is 6.10 Å². The Labute approximate surface area is 132 Å². The molecular weight excluding hydrogens is 274 g/mol. The van der Waals surface area contributed by atoms with E-state index in [2.05, 4.69) is 5.32 Å². The minimum Gasteiger partial charge on any atom is -0.460 e. The zero-order valence-corrected chi connectivity index (χ0v) is 13.2. The lowest BCUT2D eigenvalue weighted by molar-refractivity contribution is 0.199. The molecule has 0 aliphatic heterocycles. The Balaban J connectivity index is 1.60. The van der Waals surface area contributed by atoms with Crippen LogP contribution in [-0.4, -0.2) is 11.1 Å². The maximum absolute atomic E-state index is 9.55. The van der Waals surface area contributed by atoms with Gasteiger partial charge in [-0.3, -0.25) is 0 Å². The third kappa shape index (κ3) is 3.79. The second-order valence-corrected chi connectivity index (χ2v) is 6.28. The monoisotopic (exact) mass is 299 g/mol. The zero-order valence-electron chi connectivity index (χ0n) is 13.2. The Morgan fingerprint density at radius 1 is 1.09 bits per heavy atom. The van der Waals surface area contributed by atoms with Gasteiger partial charge in [-0.1, -0.05) is 43.5 Å². The molecule has 3 nitrogen and oxygen atoms in total. The summed E-state index contributed by atoms with van der Waals surface area (Å²) < 4.78 is 5.94. The Morgan fingerprint density at radius 3 is 2.50 bits per heavy atom. The van der Waals surface area contributed by atoms with E-state index in [1.807, 2.05) is 36.4 Å². The number of hydrogen-bond donors (Lipinski definition) is 2. The Kier molecular flexibility index (Phi) is 4.96. The first-order chi connectivity index (χ1) is 10.7. The van der Waals surface area contributed by atoms with Gasteiger partial charge in [0.05, 0.1) is 12.6 Å². The lowest BCUT2D eigenvalue weighted by Crippen LogP contribution is -2.30. The van der Waals surface area contributed by atoms with E-state index in [9.17, 15) is 5.11 Å². The molecule has 2 aromatic rings. The van der Waals surface area contributed by atoms with Crippen LogP contribution in [0.25, 0.3) is 11.3 Å². The number of aliphatic hydroxyl groups excluding tert-OH is 1. The summed E-state index contributed by atoms with van der Waals surface area (Å²) in [5, 5.41) is 13.2. The van der Waals surface area contributed by atoms with E-state index in [0.717, 1.165) is 29.2 Å². The fourth-order valence-corrected chi connectivity index (χ4v) is 3.11. The van der Waals surface area contributed by atoms with Gasteiger partial charge in [-0.15, -0.1) is 0 Å². The molecule has 0 bridgehead atoms. The molecule has 118 valence electrons. The van der Waals surface area contributed by atoms with Crippen molar-refractivity contribution in [1.29, 1.82) is 0 Å². The van der Waals surface area contributed by atoms with Crippen molar-refractivity contribution in [2.45, 2.75) is 57.7 Å². The molecule has 1 atom stereocenters. The van der Waals surface area contributed by atoms with Crippen LogP contribution in [0, 0.1) is 0 Å². The van der Waals surface area contributed by atoms with Gasteiger partial charge in [-0.25, -0.2) is 0 Å². The van der Waals surface area contributed by atoms with Gasteiger partial charge in [0.25, 0.3) is 0 Å². The van der Waals surface area contributed by atoms with E-state index in [4.69, 9.17) is 4.42 Å². The van der Waals surface area contributed by atoms with Crippen molar-refractivity contribution in [3.63, 3.8) is 0 Å². The molecule has 0 saturated heterocycles. The second-order valence-electron chi connectivity index (χ2n) is 6.28. The average molecular weight is 299 g/mol. The zero-order chi connectivity index (χ0) is 15.4. The van der Waals surface area contributed by atoms with Crippen LogP contribution in [0.5, 0.6) is 0 Å². The summed E-state index contributed by atoms with van der Waals surface area (Å²) in [5.41, 5.74) is 1.97. The highest BCUT2D eigenvalue weighted by molar-refractivity contribution is 5.58. The van der Waals surface area contributed by atoms with Crippen LogP contribution in [0.2, 0.25) is 0 Å². The number of rotatable bonds is 5. The molecule has 1 fully saturated rings. The average Bonchev–Trinajstić information content (AvgIpc) is 3.03. The Hall–Kier alpha value is -1.58. The molecule has 22 heavy (non-hydrogen) atoms. The van der Waals surface area contributed by atoms with Crippen LogP contribution < -0.4 is 5.32 Å². The molecule has 3 heteroatoms. The molecule has 1 aliphatic rings. The Bertz CT molecular complexity index is 580. The van der Waals surface area contributed by atoms with E-state index >= 15 is 0 Å². The van der Waals surface area contributed by atoms with E-state index in [-0.39, 0.29) is 0 Å². The van der Waals surface area contributed by atoms with Gasteiger partial charge in [-0.2, -0.15) is 0 Å². The van der Waals surface area contributed by atoms with Gasteiger partial charge in [0, 0.05) is 11.6 Å². The van der Waals surface area contributed by atoms with Gasteiger partial charge in [-0.05, 0) is 37.5 Å². The molecule has 0 spiro atoms. The highest BCUT2D eigenvalue weighted by Crippen LogP contribution is 2.24. The molecule has 3 rings (SSSR count). The molecule has 0 unspecified atom stereocenters. The lowest BCUT2D eigenvalue weighted by atomic mass is 9.95. The van der Waals surface area contributed by atoms with Gasteiger partial charge in [0.1, 0.15) is 11.5 Å². The highest BCUT2D eigenvalue weighted by atomic mass is 16.3. The maximum Gasteiger partial charge on any atom is 0.134 e. The van der Waals surface area contributed by atoms with Gasteiger partial charge < -0.3 is 14.8 Å². The van der Waals surface area contributed by atoms with Crippen LogP contribution in [0.1, 0.15) is 56.5 Å². The second kappa shape index (κ2) is 7.12. The molecule has 1 heterocycles. The summed E-state index contributed by atoms with van der Waals surface area (Å²) in [6.45, 7) is 2.58. The normalized spacial score (nSPS) is 17.5. The molecular formula is C19H25NO2. The van der Waals surface area contributed by atoms with Gasteiger partial charge >= 0.3 is 0 Å². The fourth-order valence-electron chi connectivity index (χ4n) is 3.11. The molecule has 0 amide bonds. The van der Waals surface area contributed by atoms with Crippen LogP contribution in [-0.2, 0) is 6.54 Å². The number of nitrogens with one attached hydrogen (secondary N) is 1. The lowest BCUT2D eigenvalue weighted by Gasteiger charge is -2.22. The standard InChI is InChI=1S/C19H25NO2/c1-14(21)15-7-9-16(10-8-15)19-12-11-18(22-19)13-20-17-5-3-2-4-6-17/h7-12,14,17,20-21H,2-6,13H2,1H3/t14-/m1/s1. The number of benzene rings is 1. The largest absolute Gasteiger partial charge is 0.460 e. The number of hydrogen-bond acceptors (Lipinski definition) is 3. The third-order valence-corrected chi connectivity index (χ3v) is 4.51. The number of aliphatic hydroxyl groups is 1. The molecule has 1 aromatic heterocycles. The van der Waals surface area contributed by atoms with E-state index in [0.29, 0.717) is 6.04 Å². The first-order valence-corrected chi connectivity index (χ1v) is 8.33. The summed E-state index contributed by atoms with van der Waals surface area (Å²) in [6.07, 6.45) is 6.21. The van der Waals surface area contributed by atoms with Crippen molar-refractivity contribution >= 4 is 0 Å². The predicted molar refractivity (Wildman–Crippen MR) is 88.5 cm³/mol. The molecule has 2 N–H and O–H groups in total. The minimum atomic E-state index is -0.430. The molecule has 1 aliphatic carbocycles. The first kappa shape index (κ1) is 15.3. The summed E-state index contributed by atoms with van der Waals surface area (Å²) in [6, 6.07) is 12.6. The van der Waals surface area contributed by atoms with Crippen molar-refractivity contribution < 1.29 is 9.52 Å².